The molecular formula is C17H27NO. The van der Waals surface area contributed by atoms with Crippen LogP contribution in [-0.4, -0.2) is 19.2 Å². The topological polar surface area (TPSA) is 21.3 Å². The number of rotatable bonds is 7. The maximum Gasteiger partial charge on any atom is 0.123 e. The Kier molecular flexibility index (Phi) is 5.26. The van der Waals surface area contributed by atoms with E-state index in [0.29, 0.717) is 12.1 Å². The molecule has 1 aliphatic heterocycles. The second-order valence-corrected chi connectivity index (χ2v) is 5.76. The average molecular weight is 261 g/mol. The van der Waals surface area contributed by atoms with Crippen LogP contribution in [0.4, 0.5) is 0 Å². The van der Waals surface area contributed by atoms with Crippen molar-refractivity contribution in [3.8, 4) is 5.75 Å². The Labute approximate surface area is 117 Å². The van der Waals surface area contributed by atoms with E-state index in [0.717, 1.165) is 12.2 Å². The molecule has 19 heavy (non-hydrogen) atoms. The van der Waals surface area contributed by atoms with Gasteiger partial charge < -0.3 is 10.1 Å². The molecule has 0 radical (unpaired) electrons. The number of fused-ring (bicyclic) bond motifs is 1. The summed E-state index contributed by atoms with van der Waals surface area (Å²) in [5.41, 5.74) is 2.73. The Bertz CT molecular complexity index is 402. The van der Waals surface area contributed by atoms with Gasteiger partial charge in [0.15, 0.2) is 0 Å². The monoisotopic (exact) mass is 261 g/mol. The van der Waals surface area contributed by atoms with Crippen LogP contribution in [0, 0.1) is 6.92 Å². The lowest BCUT2D eigenvalue weighted by molar-refractivity contribution is 0.214. The molecule has 0 spiro atoms. The third kappa shape index (κ3) is 3.97. The highest BCUT2D eigenvalue weighted by atomic mass is 16.5. The smallest absolute Gasteiger partial charge is 0.123 e. The third-order valence-corrected chi connectivity index (χ3v) is 4.08. The largest absolute Gasteiger partial charge is 0.490 e. The second-order valence-electron chi connectivity index (χ2n) is 5.76. The van der Waals surface area contributed by atoms with Gasteiger partial charge in [-0.2, -0.15) is 0 Å². The predicted octanol–water partition coefficient (Wildman–Crippen LogP) is 3.86. The minimum Gasteiger partial charge on any atom is -0.490 e. The zero-order chi connectivity index (χ0) is 13.7. The van der Waals surface area contributed by atoms with E-state index in [4.69, 9.17) is 4.74 Å². The van der Waals surface area contributed by atoms with Gasteiger partial charge in [0.05, 0.1) is 0 Å². The number of ether oxygens (including phenoxy) is 1. The standard InChI is InChI=1S/C17H27NO/c1-4-6-15(18-3)7-5-8-16-12-14-11-13(2)9-10-17(14)19-16/h9-11,15-16,18H,4-8,12H2,1-3H3. The van der Waals surface area contributed by atoms with E-state index >= 15 is 0 Å². The van der Waals surface area contributed by atoms with Gasteiger partial charge in [-0.15, -0.1) is 0 Å². The number of nitrogens with one attached hydrogen (secondary N) is 1. The molecule has 2 heteroatoms. The summed E-state index contributed by atoms with van der Waals surface area (Å²) in [7, 11) is 2.07. The van der Waals surface area contributed by atoms with Crippen LogP contribution in [-0.2, 0) is 6.42 Å². The summed E-state index contributed by atoms with van der Waals surface area (Å²) in [6.45, 7) is 4.40. The van der Waals surface area contributed by atoms with Gasteiger partial charge in [0, 0.05) is 12.5 Å². The molecular weight excluding hydrogens is 234 g/mol. The molecule has 0 fully saturated rings. The minimum absolute atomic E-state index is 0.399. The van der Waals surface area contributed by atoms with E-state index in [1.807, 2.05) is 0 Å². The van der Waals surface area contributed by atoms with Crippen LogP contribution in [0.25, 0.3) is 0 Å². The fourth-order valence-electron chi connectivity index (χ4n) is 2.98. The van der Waals surface area contributed by atoms with Crippen molar-refractivity contribution in [2.45, 2.75) is 64.5 Å². The van der Waals surface area contributed by atoms with Gasteiger partial charge in [0.1, 0.15) is 11.9 Å². The van der Waals surface area contributed by atoms with E-state index in [2.05, 4.69) is 44.4 Å². The highest BCUT2D eigenvalue weighted by Crippen LogP contribution is 2.31. The van der Waals surface area contributed by atoms with Crippen molar-refractivity contribution in [2.75, 3.05) is 7.05 Å². The third-order valence-electron chi connectivity index (χ3n) is 4.08. The Balaban J connectivity index is 1.75. The van der Waals surface area contributed by atoms with Crippen LogP contribution in [0.1, 0.15) is 50.2 Å². The van der Waals surface area contributed by atoms with Crippen molar-refractivity contribution >= 4 is 0 Å². The molecule has 2 nitrogen and oxygen atoms in total. The fourth-order valence-corrected chi connectivity index (χ4v) is 2.98. The summed E-state index contributed by atoms with van der Waals surface area (Å²) in [5, 5.41) is 3.41. The van der Waals surface area contributed by atoms with Gasteiger partial charge >= 0.3 is 0 Å². The first-order valence-electron chi connectivity index (χ1n) is 7.66. The first-order chi connectivity index (χ1) is 9.22. The highest BCUT2D eigenvalue weighted by Gasteiger charge is 2.22. The molecule has 0 saturated carbocycles. The summed E-state index contributed by atoms with van der Waals surface area (Å²) in [6.07, 6.45) is 7.72. The molecule has 1 heterocycles. The summed E-state index contributed by atoms with van der Waals surface area (Å²) in [4.78, 5) is 0. The molecule has 0 aliphatic carbocycles. The fraction of sp³-hybridized carbons (Fsp3) is 0.647. The Hall–Kier alpha value is -1.02. The zero-order valence-electron chi connectivity index (χ0n) is 12.5. The summed E-state index contributed by atoms with van der Waals surface area (Å²) >= 11 is 0. The first-order valence-corrected chi connectivity index (χ1v) is 7.66. The molecule has 2 unspecified atom stereocenters. The number of aryl methyl sites for hydroxylation is 1. The van der Waals surface area contributed by atoms with Crippen molar-refractivity contribution in [1.29, 1.82) is 0 Å². The van der Waals surface area contributed by atoms with Gasteiger partial charge in [0.2, 0.25) is 0 Å². The van der Waals surface area contributed by atoms with E-state index in [-0.39, 0.29) is 0 Å². The first kappa shape index (κ1) is 14.4. The maximum atomic E-state index is 6.02. The van der Waals surface area contributed by atoms with Crippen molar-refractivity contribution in [3.05, 3.63) is 29.3 Å². The molecule has 0 amide bonds. The second kappa shape index (κ2) is 6.95. The molecule has 106 valence electrons. The van der Waals surface area contributed by atoms with Crippen LogP contribution >= 0.6 is 0 Å². The SMILES string of the molecule is CCCC(CCCC1Cc2cc(C)ccc2O1)NC. The van der Waals surface area contributed by atoms with Gasteiger partial charge in [-0.05, 0) is 51.3 Å². The number of benzene rings is 1. The molecule has 2 atom stereocenters. The van der Waals surface area contributed by atoms with Crippen molar-refractivity contribution < 1.29 is 4.74 Å². The van der Waals surface area contributed by atoms with Crippen LogP contribution < -0.4 is 10.1 Å². The van der Waals surface area contributed by atoms with Crippen LogP contribution in [0.5, 0.6) is 5.75 Å². The lowest BCUT2D eigenvalue weighted by atomic mass is 10.0. The summed E-state index contributed by atoms with van der Waals surface area (Å²) < 4.78 is 6.02. The Morgan fingerprint density at radius 3 is 2.95 bits per heavy atom. The quantitative estimate of drug-likeness (QED) is 0.805. The maximum absolute atomic E-state index is 6.02. The summed E-state index contributed by atoms with van der Waals surface area (Å²) in [5.74, 6) is 1.11. The normalized spacial score (nSPS) is 19.0. The van der Waals surface area contributed by atoms with Gasteiger partial charge in [-0.1, -0.05) is 31.0 Å². The Morgan fingerprint density at radius 1 is 1.37 bits per heavy atom. The van der Waals surface area contributed by atoms with E-state index in [9.17, 15) is 0 Å². The van der Waals surface area contributed by atoms with Crippen LogP contribution in [0.2, 0.25) is 0 Å². The number of hydrogen-bond acceptors (Lipinski definition) is 2. The lowest BCUT2D eigenvalue weighted by Gasteiger charge is -2.16. The van der Waals surface area contributed by atoms with E-state index in [1.165, 1.54) is 43.2 Å². The molecule has 0 bridgehead atoms. The molecule has 1 aliphatic rings. The van der Waals surface area contributed by atoms with Crippen molar-refractivity contribution in [3.63, 3.8) is 0 Å². The van der Waals surface area contributed by atoms with Gasteiger partial charge in [-0.25, -0.2) is 0 Å². The van der Waals surface area contributed by atoms with Gasteiger partial charge in [-0.3, -0.25) is 0 Å². The molecule has 0 aromatic heterocycles. The zero-order valence-corrected chi connectivity index (χ0v) is 12.5. The molecule has 1 N–H and O–H groups in total. The minimum atomic E-state index is 0.399. The molecule has 0 saturated heterocycles. The predicted molar refractivity (Wildman–Crippen MR) is 80.9 cm³/mol. The summed E-state index contributed by atoms with van der Waals surface area (Å²) in [6, 6.07) is 7.21. The lowest BCUT2D eigenvalue weighted by Crippen LogP contribution is -2.25. The van der Waals surface area contributed by atoms with Crippen molar-refractivity contribution in [2.24, 2.45) is 0 Å². The van der Waals surface area contributed by atoms with Crippen LogP contribution in [0.15, 0.2) is 18.2 Å². The molecule has 1 aromatic carbocycles. The van der Waals surface area contributed by atoms with Gasteiger partial charge in [0.25, 0.3) is 0 Å². The number of hydrogen-bond donors (Lipinski definition) is 1. The average Bonchev–Trinajstić information content (AvgIpc) is 2.79. The Morgan fingerprint density at radius 2 is 2.21 bits per heavy atom. The van der Waals surface area contributed by atoms with Crippen LogP contribution in [0.3, 0.4) is 0 Å². The highest BCUT2D eigenvalue weighted by molar-refractivity contribution is 5.40. The van der Waals surface area contributed by atoms with Crippen molar-refractivity contribution in [1.82, 2.24) is 5.32 Å². The van der Waals surface area contributed by atoms with E-state index in [1.54, 1.807) is 0 Å². The molecule has 2 rings (SSSR count). The van der Waals surface area contributed by atoms with E-state index < -0.39 is 0 Å². The molecule has 1 aromatic rings.